The van der Waals surface area contributed by atoms with Gasteiger partial charge in [0.15, 0.2) is 5.75 Å². The van der Waals surface area contributed by atoms with E-state index in [1.165, 1.54) is 18.3 Å². The van der Waals surface area contributed by atoms with E-state index in [1.807, 2.05) is 13.8 Å². The first-order valence-electron chi connectivity index (χ1n) is 5.64. The second-order valence-electron chi connectivity index (χ2n) is 4.20. The summed E-state index contributed by atoms with van der Waals surface area (Å²) < 4.78 is 7.17. The first-order chi connectivity index (χ1) is 8.99. The van der Waals surface area contributed by atoms with Crippen LogP contribution in [0.4, 0.5) is 5.69 Å². The predicted octanol–water partition coefficient (Wildman–Crippen LogP) is 3.82. The molecule has 0 atom stereocenters. The van der Waals surface area contributed by atoms with Crippen LogP contribution in [-0.4, -0.2) is 14.7 Å². The van der Waals surface area contributed by atoms with Gasteiger partial charge in [0, 0.05) is 6.04 Å². The van der Waals surface area contributed by atoms with Crippen LogP contribution in [0, 0.1) is 10.1 Å². The normalized spacial score (nSPS) is 10.7. The largest absolute Gasteiger partial charge is 0.447 e. The Morgan fingerprint density at radius 2 is 2.21 bits per heavy atom. The van der Waals surface area contributed by atoms with Gasteiger partial charge in [-0.2, -0.15) is 5.10 Å². The third kappa shape index (κ3) is 2.85. The molecule has 0 saturated heterocycles. The summed E-state index contributed by atoms with van der Waals surface area (Å²) in [7, 11) is 0. The van der Waals surface area contributed by atoms with Crippen LogP contribution in [0.1, 0.15) is 19.9 Å². The molecule has 0 spiro atoms. The van der Waals surface area contributed by atoms with Gasteiger partial charge in [-0.1, -0.05) is 17.7 Å². The summed E-state index contributed by atoms with van der Waals surface area (Å²) in [5, 5.41) is 15.1. The standard InChI is InChI=1S/C12H12ClN3O3/c1-8(2)15-7-9(6-14-15)19-11-5-3-4-10(13)12(11)16(17)18/h3-8H,1-2H3. The van der Waals surface area contributed by atoms with Crippen molar-refractivity contribution in [2.45, 2.75) is 19.9 Å². The number of nitro groups is 1. The van der Waals surface area contributed by atoms with E-state index in [-0.39, 0.29) is 22.5 Å². The van der Waals surface area contributed by atoms with Crippen LogP contribution >= 0.6 is 11.6 Å². The Bertz CT molecular complexity index is 610. The quantitative estimate of drug-likeness (QED) is 0.631. The Hall–Kier alpha value is -2.08. The average Bonchev–Trinajstić information content (AvgIpc) is 2.77. The van der Waals surface area contributed by atoms with Crippen molar-refractivity contribution in [3.05, 3.63) is 45.7 Å². The van der Waals surface area contributed by atoms with Crippen LogP contribution in [0.5, 0.6) is 11.5 Å². The minimum Gasteiger partial charge on any atom is -0.447 e. The lowest BCUT2D eigenvalue weighted by Gasteiger charge is -2.05. The Morgan fingerprint density at radius 3 is 2.79 bits per heavy atom. The smallest absolute Gasteiger partial charge is 0.329 e. The second-order valence-corrected chi connectivity index (χ2v) is 4.60. The first kappa shape index (κ1) is 13.4. The van der Waals surface area contributed by atoms with Crippen molar-refractivity contribution < 1.29 is 9.66 Å². The van der Waals surface area contributed by atoms with E-state index in [4.69, 9.17) is 16.3 Å². The number of halogens is 1. The molecule has 0 aliphatic rings. The van der Waals surface area contributed by atoms with E-state index in [0.717, 1.165) is 0 Å². The molecule has 1 heterocycles. The molecule has 1 aromatic heterocycles. The topological polar surface area (TPSA) is 70.2 Å². The van der Waals surface area contributed by atoms with Crippen LogP contribution in [0.15, 0.2) is 30.6 Å². The molecule has 0 amide bonds. The monoisotopic (exact) mass is 281 g/mol. The summed E-state index contributed by atoms with van der Waals surface area (Å²) in [5.41, 5.74) is -0.249. The summed E-state index contributed by atoms with van der Waals surface area (Å²) in [6.45, 7) is 3.94. The number of hydrogen-bond acceptors (Lipinski definition) is 4. The molecule has 100 valence electrons. The molecule has 2 aromatic rings. The Kier molecular flexibility index (Phi) is 3.71. The van der Waals surface area contributed by atoms with Gasteiger partial charge in [-0.3, -0.25) is 14.8 Å². The Morgan fingerprint density at radius 1 is 1.47 bits per heavy atom. The van der Waals surface area contributed by atoms with Gasteiger partial charge < -0.3 is 4.74 Å². The summed E-state index contributed by atoms with van der Waals surface area (Å²) in [5.74, 6) is 0.528. The fourth-order valence-corrected chi connectivity index (χ4v) is 1.77. The molecule has 0 fully saturated rings. The van der Waals surface area contributed by atoms with Crippen LogP contribution in [0.2, 0.25) is 5.02 Å². The molecule has 19 heavy (non-hydrogen) atoms. The maximum absolute atomic E-state index is 11.0. The zero-order chi connectivity index (χ0) is 14.0. The van der Waals surface area contributed by atoms with E-state index in [9.17, 15) is 10.1 Å². The highest BCUT2D eigenvalue weighted by atomic mass is 35.5. The number of para-hydroxylation sites is 1. The van der Waals surface area contributed by atoms with Crippen LogP contribution in [0.25, 0.3) is 0 Å². The van der Waals surface area contributed by atoms with Gasteiger partial charge in [0.1, 0.15) is 5.02 Å². The highest BCUT2D eigenvalue weighted by molar-refractivity contribution is 6.32. The van der Waals surface area contributed by atoms with Crippen molar-refractivity contribution in [2.75, 3.05) is 0 Å². The fraction of sp³-hybridized carbons (Fsp3) is 0.250. The molecule has 0 aliphatic carbocycles. The van der Waals surface area contributed by atoms with Gasteiger partial charge in [-0.15, -0.1) is 0 Å². The molecule has 1 aromatic carbocycles. The van der Waals surface area contributed by atoms with E-state index in [0.29, 0.717) is 5.75 Å². The van der Waals surface area contributed by atoms with E-state index < -0.39 is 4.92 Å². The number of nitro benzene ring substituents is 1. The molecule has 0 unspecified atom stereocenters. The van der Waals surface area contributed by atoms with Crippen molar-refractivity contribution in [1.82, 2.24) is 9.78 Å². The maximum Gasteiger partial charge on any atom is 0.329 e. The molecule has 7 heteroatoms. The van der Waals surface area contributed by atoms with Crippen molar-refractivity contribution in [3.63, 3.8) is 0 Å². The van der Waals surface area contributed by atoms with Crippen molar-refractivity contribution in [1.29, 1.82) is 0 Å². The minimum atomic E-state index is -0.565. The van der Waals surface area contributed by atoms with Gasteiger partial charge in [-0.25, -0.2) is 0 Å². The number of rotatable bonds is 4. The van der Waals surface area contributed by atoms with Crippen LogP contribution in [-0.2, 0) is 0 Å². The summed E-state index contributed by atoms with van der Waals surface area (Å²) in [6, 6.07) is 4.73. The van der Waals surface area contributed by atoms with E-state index >= 15 is 0 Å². The highest BCUT2D eigenvalue weighted by Crippen LogP contribution is 2.36. The number of hydrogen-bond donors (Lipinski definition) is 0. The molecule has 0 bridgehead atoms. The van der Waals surface area contributed by atoms with Gasteiger partial charge in [0.25, 0.3) is 0 Å². The third-order valence-corrected chi connectivity index (χ3v) is 2.77. The fourth-order valence-electron chi connectivity index (χ4n) is 1.54. The first-order valence-corrected chi connectivity index (χ1v) is 6.01. The Labute approximate surface area is 114 Å². The summed E-state index contributed by atoms with van der Waals surface area (Å²) >= 11 is 5.80. The summed E-state index contributed by atoms with van der Waals surface area (Å²) in [4.78, 5) is 10.4. The lowest BCUT2D eigenvalue weighted by atomic mass is 10.3. The average molecular weight is 282 g/mol. The van der Waals surface area contributed by atoms with Crippen molar-refractivity contribution in [2.24, 2.45) is 0 Å². The van der Waals surface area contributed by atoms with E-state index in [1.54, 1.807) is 16.9 Å². The maximum atomic E-state index is 11.0. The van der Waals surface area contributed by atoms with Crippen molar-refractivity contribution in [3.8, 4) is 11.5 Å². The number of benzene rings is 1. The number of aromatic nitrogens is 2. The Balaban J connectivity index is 2.32. The molecule has 0 aliphatic heterocycles. The van der Waals surface area contributed by atoms with Crippen LogP contribution < -0.4 is 4.74 Å². The zero-order valence-corrected chi connectivity index (χ0v) is 11.2. The molecule has 2 rings (SSSR count). The number of ether oxygens (including phenoxy) is 1. The van der Waals surface area contributed by atoms with Gasteiger partial charge in [0.05, 0.1) is 17.3 Å². The number of nitrogens with zero attached hydrogens (tertiary/aromatic N) is 3. The molecule has 6 nitrogen and oxygen atoms in total. The molecule has 0 radical (unpaired) electrons. The minimum absolute atomic E-state index is 0.0405. The molecular weight excluding hydrogens is 270 g/mol. The van der Waals surface area contributed by atoms with Crippen LogP contribution in [0.3, 0.4) is 0 Å². The SMILES string of the molecule is CC(C)n1cc(Oc2cccc(Cl)c2[N+](=O)[O-])cn1. The van der Waals surface area contributed by atoms with Gasteiger partial charge in [0.2, 0.25) is 5.75 Å². The lowest BCUT2D eigenvalue weighted by molar-refractivity contribution is -0.385. The summed E-state index contributed by atoms with van der Waals surface area (Å²) in [6.07, 6.45) is 3.18. The van der Waals surface area contributed by atoms with Gasteiger partial charge in [-0.05, 0) is 26.0 Å². The second kappa shape index (κ2) is 5.27. The molecular formula is C12H12ClN3O3. The van der Waals surface area contributed by atoms with Gasteiger partial charge >= 0.3 is 5.69 Å². The molecule has 0 N–H and O–H groups in total. The van der Waals surface area contributed by atoms with Crippen molar-refractivity contribution >= 4 is 17.3 Å². The van der Waals surface area contributed by atoms with E-state index in [2.05, 4.69) is 5.10 Å². The molecule has 0 saturated carbocycles. The predicted molar refractivity (Wildman–Crippen MR) is 70.8 cm³/mol. The third-order valence-electron chi connectivity index (χ3n) is 2.47. The zero-order valence-electron chi connectivity index (χ0n) is 10.4. The highest BCUT2D eigenvalue weighted by Gasteiger charge is 2.20. The lowest BCUT2D eigenvalue weighted by Crippen LogP contribution is -1.99.